The second kappa shape index (κ2) is 8.19. The molecule has 2 rings (SSSR count). The summed E-state index contributed by atoms with van der Waals surface area (Å²) in [5.41, 5.74) is 0.703. The van der Waals surface area contributed by atoms with E-state index in [0.717, 1.165) is 11.5 Å². The smallest absolute Gasteiger partial charge is 0.224 e. The third kappa shape index (κ3) is 5.21. The number of benzene rings is 1. The number of ether oxygens (including phenoxy) is 2. The number of nitrogens with one attached hydrogen (secondary N) is 2. The van der Waals surface area contributed by atoms with Gasteiger partial charge in [0.1, 0.15) is 16.1 Å². The summed E-state index contributed by atoms with van der Waals surface area (Å²) in [6.07, 6.45) is 2.71. The van der Waals surface area contributed by atoms with Gasteiger partial charge in [-0.25, -0.2) is 0 Å². The summed E-state index contributed by atoms with van der Waals surface area (Å²) in [6.45, 7) is 0.483. The van der Waals surface area contributed by atoms with E-state index in [-0.39, 0.29) is 5.91 Å². The first-order chi connectivity index (χ1) is 10.7. The van der Waals surface area contributed by atoms with Crippen LogP contribution in [0.25, 0.3) is 0 Å². The molecule has 0 radical (unpaired) electrons. The number of rotatable bonds is 7. The van der Waals surface area contributed by atoms with Gasteiger partial charge in [-0.2, -0.15) is 0 Å². The van der Waals surface area contributed by atoms with E-state index in [9.17, 15) is 4.79 Å². The SMILES string of the molecule is COc1ccc(OCCCC(=O)Nc2ccc(=S)[nH]c2)cc1. The van der Waals surface area contributed by atoms with Crippen molar-refractivity contribution in [2.45, 2.75) is 12.8 Å². The van der Waals surface area contributed by atoms with Crippen molar-refractivity contribution in [1.29, 1.82) is 0 Å². The van der Waals surface area contributed by atoms with Crippen LogP contribution in [-0.2, 0) is 4.79 Å². The quantitative estimate of drug-likeness (QED) is 0.605. The van der Waals surface area contributed by atoms with E-state index in [2.05, 4.69) is 10.3 Å². The minimum atomic E-state index is -0.0520. The number of amides is 1. The van der Waals surface area contributed by atoms with Crippen LogP contribution in [0.3, 0.4) is 0 Å². The number of carbonyl (C=O) groups is 1. The maximum atomic E-state index is 11.8. The molecule has 1 aromatic heterocycles. The molecular weight excluding hydrogens is 300 g/mol. The molecule has 0 fully saturated rings. The van der Waals surface area contributed by atoms with E-state index >= 15 is 0 Å². The van der Waals surface area contributed by atoms with Gasteiger partial charge < -0.3 is 19.8 Å². The number of pyridine rings is 1. The van der Waals surface area contributed by atoms with E-state index in [1.165, 1.54) is 0 Å². The summed E-state index contributed by atoms with van der Waals surface area (Å²) in [7, 11) is 1.62. The molecule has 1 amide bonds. The Morgan fingerprint density at radius 1 is 1.18 bits per heavy atom. The van der Waals surface area contributed by atoms with Gasteiger partial charge >= 0.3 is 0 Å². The number of carbonyl (C=O) groups excluding carboxylic acids is 1. The zero-order chi connectivity index (χ0) is 15.8. The number of anilines is 1. The fourth-order valence-electron chi connectivity index (χ4n) is 1.81. The highest BCUT2D eigenvalue weighted by atomic mass is 32.1. The first-order valence-corrected chi connectivity index (χ1v) is 7.33. The van der Waals surface area contributed by atoms with Gasteiger partial charge in [-0.05, 0) is 42.8 Å². The molecule has 2 aromatic rings. The fourth-order valence-corrected chi connectivity index (χ4v) is 1.93. The van der Waals surface area contributed by atoms with Crippen LogP contribution in [0.2, 0.25) is 0 Å². The van der Waals surface area contributed by atoms with Crippen LogP contribution in [0, 0.1) is 4.64 Å². The van der Waals surface area contributed by atoms with E-state index < -0.39 is 0 Å². The Hall–Kier alpha value is -2.34. The van der Waals surface area contributed by atoms with Crippen LogP contribution in [0.4, 0.5) is 5.69 Å². The highest BCUT2D eigenvalue weighted by Crippen LogP contribution is 2.17. The molecule has 0 spiro atoms. The number of H-pyrrole nitrogens is 1. The van der Waals surface area contributed by atoms with Crippen molar-refractivity contribution in [1.82, 2.24) is 4.98 Å². The zero-order valence-electron chi connectivity index (χ0n) is 12.3. The molecule has 1 aromatic carbocycles. The Morgan fingerprint density at radius 3 is 2.55 bits per heavy atom. The molecule has 0 saturated heterocycles. The van der Waals surface area contributed by atoms with Gasteiger partial charge in [-0.1, -0.05) is 12.2 Å². The molecule has 5 nitrogen and oxygen atoms in total. The van der Waals surface area contributed by atoms with Crippen LogP contribution >= 0.6 is 12.2 Å². The number of aromatic amines is 1. The number of methoxy groups -OCH3 is 1. The number of hydrogen-bond acceptors (Lipinski definition) is 4. The lowest BCUT2D eigenvalue weighted by molar-refractivity contribution is -0.116. The van der Waals surface area contributed by atoms with E-state index in [1.54, 1.807) is 25.4 Å². The minimum absolute atomic E-state index is 0.0520. The molecular formula is C16H18N2O3S. The van der Waals surface area contributed by atoms with Crippen molar-refractivity contribution < 1.29 is 14.3 Å². The Kier molecular flexibility index (Phi) is 5.97. The molecule has 0 aliphatic heterocycles. The fraction of sp³-hybridized carbons (Fsp3) is 0.250. The molecule has 6 heteroatoms. The molecule has 0 aliphatic carbocycles. The van der Waals surface area contributed by atoms with Crippen molar-refractivity contribution in [3.05, 3.63) is 47.2 Å². The van der Waals surface area contributed by atoms with Crippen LogP contribution in [-0.4, -0.2) is 24.6 Å². The maximum Gasteiger partial charge on any atom is 0.224 e. The summed E-state index contributed by atoms with van der Waals surface area (Å²) in [6, 6.07) is 10.8. The average molecular weight is 318 g/mol. The number of hydrogen-bond donors (Lipinski definition) is 2. The molecule has 0 atom stereocenters. The van der Waals surface area contributed by atoms with Gasteiger partial charge in [0, 0.05) is 12.6 Å². The topological polar surface area (TPSA) is 63.4 Å². The first-order valence-electron chi connectivity index (χ1n) is 6.93. The van der Waals surface area contributed by atoms with Crippen LogP contribution in [0.15, 0.2) is 42.6 Å². The lowest BCUT2D eigenvalue weighted by Gasteiger charge is -2.07. The predicted octanol–water partition coefficient (Wildman–Crippen LogP) is 3.55. The predicted molar refractivity (Wildman–Crippen MR) is 88.0 cm³/mol. The van der Waals surface area contributed by atoms with Crippen LogP contribution in [0.5, 0.6) is 11.5 Å². The zero-order valence-corrected chi connectivity index (χ0v) is 13.1. The maximum absolute atomic E-state index is 11.8. The second-order valence-electron chi connectivity index (χ2n) is 4.62. The van der Waals surface area contributed by atoms with Crippen molar-refractivity contribution in [2.24, 2.45) is 0 Å². The molecule has 0 aliphatic rings. The summed E-state index contributed by atoms with van der Waals surface area (Å²) < 4.78 is 11.3. The van der Waals surface area contributed by atoms with Gasteiger partial charge in [0.15, 0.2) is 0 Å². The molecule has 0 saturated carbocycles. The Labute approximate surface area is 134 Å². The van der Waals surface area contributed by atoms with Crippen molar-refractivity contribution >= 4 is 23.8 Å². The summed E-state index contributed by atoms with van der Waals surface area (Å²) in [5.74, 6) is 1.49. The van der Waals surface area contributed by atoms with Gasteiger partial charge in [0.25, 0.3) is 0 Å². The van der Waals surface area contributed by atoms with Crippen molar-refractivity contribution in [3.63, 3.8) is 0 Å². The molecule has 1 heterocycles. The largest absolute Gasteiger partial charge is 0.497 e. The third-order valence-corrected chi connectivity index (χ3v) is 3.20. The Balaban J connectivity index is 1.68. The Morgan fingerprint density at radius 2 is 1.91 bits per heavy atom. The van der Waals surface area contributed by atoms with Gasteiger partial charge in [0.2, 0.25) is 5.91 Å². The number of aromatic nitrogens is 1. The molecule has 0 unspecified atom stereocenters. The third-order valence-electron chi connectivity index (χ3n) is 2.94. The monoisotopic (exact) mass is 318 g/mol. The van der Waals surface area contributed by atoms with Crippen LogP contribution in [0.1, 0.15) is 12.8 Å². The Bertz CT molecular complexity index is 647. The summed E-state index contributed by atoms with van der Waals surface area (Å²) >= 11 is 4.94. The standard InChI is InChI=1S/C16H18N2O3S/c1-20-13-5-7-14(8-6-13)21-10-2-3-15(19)18-12-4-9-16(22)17-11-12/h4-9,11H,2-3,10H2,1H3,(H,17,22)(H,18,19). The van der Waals surface area contributed by atoms with Gasteiger partial charge in [-0.3, -0.25) is 4.79 Å². The van der Waals surface area contributed by atoms with Crippen molar-refractivity contribution in [2.75, 3.05) is 19.0 Å². The minimum Gasteiger partial charge on any atom is -0.497 e. The summed E-state index contributed by atoms with van der Waals surface area (Å²) in [5, 5.41) is 2.79. The first kappa shape index (κ1) is 16.0. The van der Waals surface area contributed by atoms with Gasteiger partial charge in [-0.15, -0.1) is 0 Å². The van der Waals surface area contributed by atoms with E-state index in [1.807, 2.05) is 24.3 Å². The summed E-state index contributed by atoms with van der Waals surface area (Å²) in [4.78, 5) is 14.6. The molecule has 116 valence electrons. The lowest BCUT2D eigenvalue weighted by atomic mass is 10.3. The second-order valence-corrected chi connectivity index (χ2v) is 5.06. The van der Waals surface area contributed by atoms with Crippen molar-refractivity contribution in [3.8, 4) is 11.5 Å². The van der Waals surface area contributed by atoms with Gasteiger partial charge in [0.05, 0.1) is 19.4 Å². The highest BCUT2D eigenvalue weighted by Gasteiger charge is 2.02. The van der Waals surface area contributed by atoms with E-state index in [0.29, 0.717) is 29.8 Å². The molecule has 2 N–H and O–H groups in total. The average Bonchev–Trinajstić information content (AvgIpc) is 2.54. The normalized spacial score (nSPS) is 10.0. The van der Waals surface area contributed by atoms with Crippen LogP contribution < -0.4 is 14.8 Å². The van der Waals surface area contributed by atoms with E-state index in [4.69, 9.17) is 21.7 Å². The lowest BCUT2D eigenvalue weighted by Crippen LogP contribution is -2.12. The molecule has 22 heavy (non-hydrogen) atoms. The highest BCUT2D eigenvalue weighted by molar-refractivity contribution is 7.71. The molecule has 0 bridgehead atoms.